The van der Waals surface area contributed by atoms with Gasteiger partial charge >= 0.3 is 0 Å². The van der Waals surface area contributed by atoms with Crippen LogP contribution in [0, 0.1) is 0 Å². The van der Waals surface area contributed by atoms with E-state index in [1.807, 2.05) is 20.8 Å². The van der Waals surface area contributed by atoms with Crippen LogP contribution in [0.15, 0.2) is 29.2 Å². The van der Waals surface area contributed by atoms with Gasteiger partial charge in [0.1, 0.15) is 0 Å². The molecule has 0 bridgehead atoms. The summed E-state index contributed by atoms with van der Waals surface area (Å²) in [7, 11) is -3.41. The zero-order valence-corrected chi connectivity index (χ0v) is 14.2. The Morgan fingerprint density at radius 1 is 1.23 bits per heavy atom. The van der Waals surface area contributed by atoms with E-state index in [2.05, 4.69) is 5.32 Å². The molecule has 0 aromatic heterocycles. The van der Waals surface area contributed by atoms with Gasteiger partial charge in [0.2, 0.25) is 0 Å². The highest BCUT2D eigenvalue weighted by molar-refractivity contribution is 7.91. The number of carbonyl (C=O) groups excluding carboxylic acids is 1. The number of carbonyl (C=O) groups is 1. The van der Waals surface area contributed by atoms with Gasteiger partial charge in [-0.1, -0.05) is 19.1 Å². The first-order valence-electron chi connectivity index (χ1n) is 7.72. The average Bonchev–Trinajstić information content (AvgIpc) is 2.45. The van der Waals surface area contributed by atoms with Gasteiger partial charge in [-0.05, 0) is 32.4 Å². The van der Waals surface area contributed by atoms with Crippen molar-refractivity contribution in [2.24, 2.45) is 0 Å². The van der Waals surface area contributed by atoms with Gasteiger partial charge in [-0.25, -0.2) is 8.42 Å². The fourth-order valence-corrected chi connectivity index (χ4v) is 4.49. The number of rotatable bonds is 4. The van der Waals surface area contributed by atoms with Crippen LogP contribution in [0.2, 0.25) is 0 Å². The Labute approximate surface area is 132 Å². The topological polar surface area (TPSA) is 66.5 Å². The lowest BCUT2D eigenvalue weighted by Gasteiger charge is -2.36. The van der Waals surface area contributed by atoms with E-state index in [1.165, 1.54) is 6.07 Å². The van der Waals surface area contributed by atoms with Gasteiger partial charge in [-0.2, -0.15) is 0 Å². The first-order valence-corrected chi connectivity index (χ1v) is 9.37. The summed E-state index contributed by atoms with van der Waals surface area (Å²) in [5.74, 6) is -0.137. The molecule has 22 heavy (non-hydrogen) atoms. The molecule has 1 heterocycles. The van der Waals surface area contributed by atoms with E-state index in [0.29, 0.717) is 19.5 Å². The summed E-state index contributed by atoms with van der Waals surface area (Å²) in [5, 5.41) is 3.37. The predicted octanol–water partition coefficient (Wildman–Crippen LogP) is 1.69. The molecular formula is C16H24N2O3S. The fourth-order valence-electron chi connectivity index (χ4n) is 2.96. The van der Waals surface area contributed by atoms with Crippen molar-refractivity contribution in [2.75, 3.05) is 18.8 Å². The molecular weight excluding hydrogens is 300 g/mol. The van der Waals surface area contributed by atoms with E-state index < -0.39 is 9.84 Å². The molecule has 1 aromatic rings. The minimum atomic E-state index is -3.41. The molecule has 2 atom stereocenters. The zero-order chi connectivity index (χ0) is 16.3. The standard InChI is InChI=1S/C16H24N2O3S/c1-4-9-22(20,21)15-8-6-5-7-14(15)16(19)18-10-12(2)17-13(3)11-18/h5-8,12-13,17H,4,9-11H2,1-3H3/t12-,13-/m0/s1. The molecule has 1 amide bonds. The maximum atomic E-state index is 12.8. The van der Waals surface area contributed by atoms with E-state index in [1.54, 1.807) is 23.1 Å². The van der Waals surface area contributed by atoms with Gasteiger partial charge in [0, 0.05) is 25.2 Å². The summed E-state index contributed by atoms with van der Waals surface area (Å²) in [5.41, 5.74) is 0.289. The third-order valence-electron chi connectivity index (χ3n) is 3.77. The van der Waals surface area contributed by atoms with Crippen molar-refractivity contribution in [1.82, 2.24) is 10.2 Å². The molecule has 1 fully saturated rings. The van der Waals surface area contributed by atoms with Gasteiger partial charge in [-0.15, -0.1) is 0 Å². The van der Waals surface area contributed by atoms with Crippen molar-refractivity contribution in [3.05, 3.63) is 29.8 Å². The highest BCUT2D eigenvalue weighted by Crippen LogP contribution is 2.20. The average molecular weight is 324 g/mol. The van der Waals surface area contributed by atoms with Crippen molar-refractivity contribution < 1.29 is 13.2 Å². The normalized spacial score (nSPS) is 22.6. The second kappa shape index (κ2) is 6.79. The van der Waals surface area contributed by atoms with Crippen LogP contribution in [-0.4, -0.2) is 50.2 Å². The largest absolute Gasteiger partial charge is 0.336 e. The molecule has 0 radical (unpaired) electrons. The molecule has 0 spiro atoms. The molecule has 122 valence electrons. The predicted molar refractivity (Wildman–Crippen MR) is 86.7 cm³/mol. The van der Waals surface area contributed by atoms with E-state index >= 15 is 0 Å². The maximum absolute atomic E-state index is 12.8. The Morgan fingerprint density at radius 2 is 1.82 bits per heavy atom. The maximum Gasteiger partial charge on any atom is 0.255 e. The third-order valence-corrected chi connectivity index (χ3v) is 5.74. The number of nitrogens with one attached hydrogen (secondary N) is 1. The number of nitrogens with zero attached hydrogens (tertiary/aromatic N) is 1. The van der Waals surface area contributed by atoms with Crippen LogP contribution in [0.4, 0.5) is 0 Å². The van der Waals surface area contributed by atoms with E-state index in [9.17, 15) is 13.2 Å². The van der Waals surface area contributed by atoms with Crippen LogP contribution in [0.3, 0.4) is 0 Å². The molecule has 5 nitrogen and oxygen atoms in total. The zero-order valence-electron chi connectivity index (χ0n) is 13.4. The number of hydrogen-bond acceptors (Lipinski definition) is 4. The van der Waals surface area contributed by atoms with Gasteiger partial charge in [-0.3, -0.25) is 4.79 Å². The summed E-state index contributed by atoms with van der Waals surface area (Å²) in [6, 6.07) is 6.93. The van der Waals surface area contributed by atoms with E-state index in [-0.39, 0.29) is 34.2 Å². The Balaban J connectivity index is 2.35. The van der Waals surface area contributed by atoms with Crippen molar-refractivity contribution >= 4 is 15.7 Å². The summed E-state index contributed by atoms with van der Waals surface area (Å²) >= 11 is 0. The molecule has 0 unspecified atom stereocenters. The van der Waals surface area contributed by atoms with Crippen molar-refractivity contribution in [2.45, 2.75) is 44.2 Å². The van der Waals surface area contributed by atoms with Gasteiger partial charge < -0.3 is 10.2 Å². The summed E-state index contributed by atoms with van der Waals surface area (Å²) in [6.45, 7) is 7.05. The summed E-state index contributed by atoms with van der Waals surface area (Å²) in [6.07, 6.45) is 0.534. The smallest absolute Gasteiger partial charge is 0.255 e. The molecule has 6 heteroatoms. The number of sulfone groups is 1. The number of benzene rings is 1. The molecule has 1 aliphatic rings. The SMILES string of the molecule is CCCS(=O)(=O)c1ccccc1C(=O)N1C[C@H](C)N[C@@H](C)C1. The van der Waals surface area contributed by atoms with Crippen LogP contribution in [0.5, 0.6) is 0 Å². The Morgan fingerprint density at radius 3 is 2.41 bits per heavy atom. The highest BCUT2D eigenvalue weighted by Gasteiger charge is 2.29. The lowest BCUT2D eigenvalue weighted by molar-refractivity contribution is 0.0670. The molecule has 1 aromatic carbocycles. The van der Waals surface area contributed by atoms with Crippen LogP contribution >= 0.6 is 0 Å². The molecule has 1 N–H and O–H groups in total. The van der Waals surface area contributed by atoms with E-state index in [4.69, 9.17) is 0 Å². The second-order valence-corrected chi connectivity index (χ2v) is 8.07. The van der Waals surface area contributed by atoms with Crippen LogP contribution in [0.25, 0.3) is 0 Å². The monoisotopic (exact) mass is 324 g/mol. The van der Waals surface area contributed by atoms with Gasteiger partial charge in [0.05, 0.1) is 16.2 Å². The third kappa shape index (κ3) is 3.67. The molecule has 2 rings (SSSR count). The number of hydrogen-bond donors (Lipinski definition) is 1. The van der Waals surface area contributed by atoms with Crippen molar-refractivity contribution in [3.8, 4) is 0 Å². The van der Waals surface area contributed by atoms with Crippen LogP contribution < -0.4 is 5.32 Å². The molecule has 1 aliphatic heterocycles. The highest BCUT2D eigenvalue weighted by atomic mass is 32.2. The lowest BCUT2D eigenvalue weighted by Crippen LogP contribution is -2.55. The van der Waals surface area contributed by atoms with Crippen molar-refractivity contribution in [1.29, 1.82) is 0 Å². The van der Waals surface area contributed by atoms with E-state index in [0.717, 1.165) is 0 Å². The number of piperazine rings is 1. The quantitative estimate of drug-likeness (QED) is 0.915. The Bertz CT molecular complexity index is 633. The first-order chi connectivity index (χ1) is 10.3. The van der Waals surface area contributed by atoms with Crippen molar-refractivity contribution in [3.63, 3.8) is 0 Å². The van der Waals surface area contributed by atoms with Crippen LogP contribution in [-0.2, 0) is 9.84 Å². The minimum absolute atomic E-state index is 0.0612. The lowest BCUT2D eigenvalue weighted by atomic mass is 10.1. The fraction of sp³-hybridized carbons (Fsp3) is 0.562. The second-order valence-electron chi connectivity index (χ2n) is 5.99. The Kier molecular flexibility index (Phi) is 5.24. The number of amides is 1. The molecule has 0 saturated carbocycles. The first kappa shape index (κ1) is 17.0. The summed E-state index contributed by atoms with van der Waals surface area (Å²) in [4.78, 5) is 14.7. The molecule has 1 saturated heterocycles. The minimum Gasteiger partial charge on any atom is -0.336 e. The van der Waals surface area contributed by atoms with Gasteiger partial charge in [0.25, 0.3) is 5.91 Å². The Hall–Kier alpha value is -1.40. The van der Waals surface area contributed by atoms with Crippen LogP contribution in [0.1, 0.15) is 37.6 Å². The molecule has 0 aliphatic carbocycles. The van der Waals surface area contributed by atoms with Gasteiger partial charge in [0.15, 0.2) is 9.84 Å². The summed E-state index contributed by atoms with van der Waals surface area (Å²) < 4.78 is 24.8.